The molecule has 0 aliphatic carbocycles. The number of aromatic nitrogens is 1. The van der Waals surface area contributed by atoms with Crippen molar-refractivity contribution in [3.63, 3.8) is 0 Å². The van der Waals surface area contributed by atoms with Crippen LogP contribution in [0.25, 0.3) is 38.1 Å². The fourth-order valence-electron chi connectivity index (χ4n) is 7.42. The molecule has 0 saturated carbocycles. The van der Waals surface area contributed by atoms with Crippen LogP contribution in [0.4, 0.5) is 0 Å². The minimum Gasteiger partial charge on any atom is -0.307 e. The maximum absolute atomic E-state index is 14.5. The molecule has 3 heterocycles. The standard InChI is InChI=1S/C39H23NO3S/c41-37-26-16-7-9-20-32(26)40-33-23-31-35(22-29(33)38(42)28-18-11-17-27(37)36(28)40)44(43)34-21-10-8-19-30(34)39(31,24-12-3-1-4-13-24)25-14-5-2-6-15-25/h1-23H. The van der Waals surface area contributed by atoms with Crippen molar-refractivity contribution >= 4 is 48.9 Å². The van der Waals surface area contributed by atoms with E-state index in [-0.39, 0.29) is 10.9 Å². The van der Waals surface area contributed by atoms with Crippen LogP contribution in [-0.4, -0.2) is 8.61 Å². The van der Waals surface area contributed by atoms with E-state index >= 15 is 0 Å². The molecule has 5 heteroatoms. The van der Waals surface area contributed by atoms with Crippen molar-refractivity contribution in [2.45, 2.75) is 15.2 Å². The van der Waals surface area contributed by atoms with Gasteiger partial charge in [0.25, 0.3) is 0 Å². The van der Waals surface area contributed by atoms with Crippen molar-refractivity contribution in [2.75, 3.05) is 0 Å². The molecule has 1 aliphatic rings. The monoisotopic (exact) mass is 585 g/mol. The number of para-hydroxylation sites is 2. The van der Waals surface area contributed by atoms with Gasteiger partial charge in [0.15, 0.2) is 10.9 Å². The fourth-order valence-corrected chi connectivity index (χ4v) is 8.92. The van der Waals surface area contributed by atoms with Crippen molar-refractivity contribution in [1.82, 2.24) is 4.40 Å². The molecule has 6 aromatic carbocycles. The highest BCUT2D eigenvalue weighted by Gasteiger charge is 2.46. The first-order valence-corrected chi connectivity index (χ1v) is 15.7. The number of fused-ring (bicyclic) bond motifs is 6. The van der Waals surface area contributed by atoms with E-state index in [1.807, 2.05) is 84.9 Å². The third-order valence-corrected chi connectivity index (χ3v) is 10.7. The molecule has 1 aliphatic heterocycles. The molecule has 9 rings (SSSR count). The SMILES string of the molecule is O=c1c2ccccc2n2c3cc4c(cc3c(=O)c3cccc1c32)S(=O)c1ccccc1C4(c1ccccc1)c1ccccc1. The molecule has 0 saturated heterocycles. The van der Waals surface area contributed by atoms with Crippen LogP contribution in [0.5, 0.6) is 0 Å². The molecular formula is C39H23NO3S. The molecule has 8 aromatic rings. The Morgan fingerprint density at radius 3 is 1.75 bits per heavy atom. The summed E-state index contributed by atoms with van der Waals surface area (Å²) in [7, 11) is -1.53. The third-order valence-electron chi connectivity index (χ3n) is 9.23. The van der Waals surface area contributed by atoms with E-state index in [1.54, 1.807) is 18.2 Å². The minimum atomic E-state index is -1.53. The van der Waals surface area contributed by atoms with E-state index < -0.39 is 16.2 Å². The highest BCUT2D eigenvalue weighted by atomic mass is 32.2. The lowest BCUT2D eigenvalue weighted by Gasteiger charge is -2.41. The van der Waals surface area contributed by atoms with Gasteiger partial charge in [-0.25, -0.2) is 4.21 Å². The van der Waals surface area contributed by atoms with E-state index in [4.69, 9.17) is 0 Å². The number of rotatable bonds is 2. The van der Waals surface area contributed by atoms with E-state index in [0.29, 0.717) is 37.5 Å². The van der Waals surface area contributed by atoms with Gasteiger partial charge in [0.2, 0.25) is 0 Å². The Labute approximate surface area is 254 Å². The topological polar surface area (TPSA) is 55.6 Å². The molecule has 44 heavy (non-hydrogen) atoms. The van der Waals surface area contributed by atoms with Gasteiger partial charge >= 0.3 is 0 Å². The molecule has 0 radical (unpaired) electrons. The fraction of sp³-hybridized carbons (Fsp3) is 0.0256. The molecule has 208 valence electrons. The Balaban J connectivity index is 1.58. The van der Waals surface area contributed by atoms with Crippen LogP contribution < -0.4 is 10.9 Å². The first-order valence-electron chi connectivity index (χ1n) is 14.5. The van der Waals surface area contributed by atoms with Crippen LogP contribution >= 0.6 is 0 Å². The zero-order valence-electron chi connectivity index (χ0n) is 23.4. The van der Waals surface area contributed by atoms with Gasteiger partial charge in [0.1, 0.15) is 0 Å². The highest BCUT2D eigenvalue weighted by Crippen LogP contribution is 2.53. The average Bonchev–Trinajstić information content (AvgIpc) is 3.09. The Hall–Kier alpha value is -5.39. The molecule has 0 bridgehead atoms. The summed E-state index contributed by atoms with van der Waals surface area (Å²) >= 11 is 0. The van der Waals surface area contributed by atoms with Crippen LogP contribution in [0.1, 0.15) is 22.3 Å². The quantitative estimate of drug-likeness (QED) is 0.157. The Kier molecular flexibility index (Phi) is 5.17. The van der Waals surface area contributed by atoms with Crippen molar-refractivity contribution in [2.24, 2.45) is 0 Å². The highest BCUT2D eigenvalue weighted by molar-refractivity contribution is 7.85. The largest absolute Gasteiger partial charge is 0.307 e. The molecule has 1 unspecified atom stereocenters. The predicted molar refractivity (Wildman–Crippen MR) is 177 cm³/mol. The molecule has 0 fully saturated rings. The van der Waals surface area contributed by atoms with E-state index in [2.05, 4.69) is 40.8 Å². The lowest BCUT2D eigenvalue weighted by atomic mass is 9.64. The summed E-state index contributed by atoms with van der Waals surface area (Å²) in [5.41, 5.74) is 4.80. The van der Waals surface area contributed by atoms with Crippen LogP contribution in [0, 0.1) is 0 Å². The van der Waals surface area contributed by atoms with Gasteiger partial charge in [-0.2, -0.15) is 0 Å². The second-order valence-electron chi connectivity index (χ2n) is 11.3. The predicted octanol–water partition coefficient (Wildman–Crippen LogP) is 7.42. The summed E-state index contributed by atoms with van der Waals surface area (Å²) in [4.78, 5) is 29.3. The van der Waals surface area contributed by atoms with Gasteiger partial charge in [-0.3, -0.25) is 9.59 Å². The average molecular weight is 586 g/mol. The van der Waals surface area contributed by atoms with Crippen LogP contribution in [0.3, 0.4) is 0 Å². The molecule has 0 amide bonds. The summed E-state index contributed by atoms with van der Waals surface area (Å²) in [5.74, 6) is 0. The lowest BCUT2D eigenvalue weighted by molar-refractivity contribution is 0.655. The summed E-state index contributed by atoms with van der Waals surface area (Å²) in [6.45, 7) is 0. The van der Waals surface area contributed by atoms with Gasteiger partial charge in [-0.1, -0.05) is 97.1 Å². The second-order valence-corrected chi connectivity index (χ2v) is 12.7. The number of hydrogen-bond acceptors (Lipinski definition) is 3. The van der Waals surface area contributed by atoms with Crippen molar-refractivity contribution < 1.29 is 4.21 Å². The Bertz CT molecular complexity index is 2570. The number of benzene rings is 6. The van der Waals surface area contributed by atoms with Crippen LogP contribution in [0.2, 0.25) is 0 Å². The van der Waals surface area contributed by atoms with Gasteiger partial charge < -0.3 is 4.40 Å². The van der Waals surface area contributed by atoms with Gasteiger partial charge in [-0.15, -0.1) is 0 Å². The molecular weight excluding hydrogens is 563 g/mol. The van der Waals surface area contributed by atoms with Crippen molar-refractivity contribution in [3.05, 3.63) is 182 Å². The van der Waals surface area contributed by atoms with E-state index in [1.165, 1.54) is 0 Å². The third kappa shape index (κ3) is 3.09. The zero-order valence-corrected chi connectivity index (χ0v) is 24.2. The summed E-state index contributed by atoms with van der Waals surface area (Å²) < 4.78 is 16.6. The van der Waals surface area contributed by atoms with E-state index in [0.717, 1.165) is 32.7 Å². The summed E-state index contributed by atoms with van der Waals surface area (Å²) in [6.07, 6.45) is 0. The van der Waals surface area contributed by atoms with Crippen molar-refractivity contribution in [3.8, 4) is 0 Å². The minimum absolute atomic E-state index is 0.0964. The van der Waals surface area contributed by atoms with Gasteiger partial charge in [-0.05, 0) is 64.7 Å². The second kappa shape index (κ2) is 9.06. The number of hydrogen-bond donors (Lipinski definition) is 0. The molecule has 0 spiro atoms. The van der Waals surface area contributed by atoms with Crippen LogP contribution in [-0.2, 0) is 16.2 Å². The normalized spacial score (nSPS) is 15.5. The lowest BCUT2D eigenvalue weighted by Crippen LogP contribution is -2.36. The van der Waals surface area contributed by atoms with Gasteiger partial charge in [0.05, 0.1) is 32.8 Å². The summed E-state index contributed by atoms with van der Waals surface area (Å²) in [5, 5.41) is 2.03. The van der Waals surface area contributed by atoms with Crippen molar-refractivity contribution in [1.29, 1.82) is 0 Å². The first kappa shape index (κ1) is 25.1. The Morgan fingerprint density at radius 2 is 1.05 bits per heavy atom. The number of pyridine rings is 2. The molecule has 0 N–H and O–H groups in total. The van der Waals surface area contributed by atoms with Crippen LogP contribution in [0.15, 0.2) is 159 Å². The molecule has 1 atom stereocenters. The van der Waals surface area contributed by atoms with E-state index in [9.17, 15) is 13.8 Å². The van der Waals surface area contributed by atoms with Gasteiger partial charge in [0, 0.05) is 31.3 Å². The summed E-state index contributed by atoms with van der Waals surface area (Å²) in [6, 6.07) is 45.3. The zero-order chi connectivity index (χ0) is 29.6. The molecule has 4 nitrogen and oxygen atoms in total. The Morgan fingerprint density at radius 1 is 0.477 bits per heavy atom. The smallest absolute Gasteiger partial charge is 0.197 e. The molecule has 2 aromatic heterocycles. The maximum Gasteiger partial charge on any atom is 0.197 e. The number of nitrogens with zero attached hydrogens (tertiary/aromatic N) is 1. The maximum atomic E-state index is 14.5. The first-order chi connectivity index (χ1) is 21.6.